The number of sulfonamides is 1. The number of hydrogen-bond acceptors (Lipinski definition) is 20. The van der Waals surface area contributed by atoms with Crippen molar-refractivity contribution in [1.82, 2.24) is 67.9 Å². The topological polar surface area (TPSA) is 429 Å². The Morgan fingerprint density at radius 3 is 1.27 bits per heavy atom. The molecule has 111 heavy (non-hydrogen) atoms. The maximum absolute atomic E-state index is 13.5. The van der Waals surface area contributed by atoms with E-state index in [4.69, 9.17) is 9.47 Å². The summed E-state index contributed by atoms with van der Waals surface area (Å²) in [5.74, 6) is -3.45. The van der Waals surface area contributed by atoms with E-state index in [0.717, 1.165) is 93.6 Å². The SMILES string of the molecule is C=CS(=O)(=O)Nc1cccc(CNC(=O)[C@@H]2CC[C@@H]3CCCC[C@H](NC(=O)[C@H](C)NC)C(=O)N32)c1.CN[C@@H](C)C(=O)N[C@H]1CCCC[C@H]2CC[C@@H](C(=O)NCc3cccc(C(=O)N[C@@H]4COC(=O)C4)c3)N2C1=O.CN[C@@H](C)C(=O)N[C@H]1CCCC[C@H]2CC[C@@H](C(=O)NCc3cccc(NC(=O)[C@H]4CCC(=O)O4)c3)N2C1=O. The van der Waals surface area contributed by atoms with Crippen molar-refractivity contribution < 1.29 is 80.2 Å². The van der Waals surface area contributed by atoms with E-state index < -0.39 is 70.5 Å². The van der Waals surface area contributed by atoms with Crippen LogP contribution in [-0.4, -0.2) is 212 Å². The van der Waals surface area contributed by atoms with E-state index in [1.165, 1.54) is 0 Å². The largest absolute Gasteiger partial charge is 0.463 e. The zero-order valence-electron chi connectivity index (χ0n) is 64.2. The Morgan fingerprint density at radius 1 is 0.486 bits per heavy atom. The molecule has 33 heteroatoms. The fourth-order valence-corrected chi connectivity index (χ4v) is 15.9. The fourth-order valence-electron chi connectivity index (χ4n) is 15.3. The van der Waals surface area contributed by atoms with Gasteiger partial charge in [-0.1, -0.05) is 81.5 Å². The molecule has 3 aromatic carbocycles. The van der Waals surface area contributed by atoms with E-state index in [2.05, 4.69) is 69.8 Å². The summed E-state index contributed by atoms with van der Waals surface area (Å²) in [7, 11) is 1.44. The van der Waals surface area contributed by atoms with Gasteiger partial charge in [-0.2, -0.15) is 0 Å². The number of nitrogens with zero attached hydrogens (tertiary/aromatic N) is 3. The minimum Gasteiger partial charge on any atom is -0.463 e. The molecule has 0 aromatic heterocycles. The molecule has 0 bridgehead atoms. The highest BCUT2D eigenvalue weighted by Gasteiger charge is 2.47. The maximum Gasteiger partial charge on any atom is 0.308 e. The number of anilines is 2. The number of carbonyl (C=O) groups excluding carboxylic acids is 13. The van der Waals surface area contributed by atoms with Crippen LogP contribution >= 0.6 is 0 Å². The van der Waals surface area contributed by atoms with E-state index >= 15 is 0 Å². The van der Waals surface area contributed by atoms with Gasteiger partial charge in [0.2, 0.25) is 53.2 Å². The molecule has 0 unspecified atom stereocenters. The number of benzene rings is 3. The van der Waals surface area contributed by atoms with Crippen molar-refractivity contribution in [2.75, 3.05) is 37.8 Å². The Bertz CT molecular complexity index is 4010. The molecule has 11 rings (SSSR count). The third-order valence-electron chi connectivity index (χ3n) is 21.9. The van der Waals surface area contributed by atoms with Crippen molar-refractivity contribution in [3.8, 4) is 0 Å². The summed E-state index contributed by atoms with van der Waals surface area (Å²) in [5.41, 5.74) is 3.56. The lowest BCUT2D eigenvalue weighted by molar-refractivity contribution is -0.146. The van der Waals surface area contributed by atoms with Crippen LogP contribution in [0.15, 0.2) is 84.8 Å². The maximum atomic E-state index is 13.5. The predicted octanol–water partition coefficient (Wildman–Crippen LogP) is 2.56. The normalized spacial score (nSPS) is 25.2. The van der Waals surface area contributed by atoms with Crippen molar-refractivity contribution in [3.63, 3.8) is 0 Å². The van der Waals surface area contributed by atoms with Gasteiger partial charge < -0.3 is 82.7 Å². The molecule has 8 heterocycles. The molecule has 3 aromatic rings. The van der Waals surface area contributed by atoms with Crippen molar-refractivity contribution in [1.29, 1.82) is 0 Å². The number of hydrogen-bond donors (Lipinski definition) is 12. The Hall–Kier alpha value is -9.86. The summed E-state index contributed by atoms with van der Waals surface area (Å²) in [6, 6.07) is 15.3. The number of rotatable bonds is 25. The molecule has 8 fully saturated rings. The van der Waals surface area contributed by atoms with Crippen LogP contribution in [0, 0.1) is 0 Å². The van der Waals surface area contributed by atoms with Crippen LogP contribution < -0.4 is 63.2 Å². The molecule has 8 saturated heterocycles. The van der Waals surface area contributed by atoms with E-state index in [0.29, 0.717) is 67.4 Å². The van der Waals surface area contributed by atoms with Gasteiger partial charge in [-0.3, -0.25) is 67.1 Å². The Kier molecular flexibility index (Phi) is 31.0. The first kappa shape index (κ1) is 85.1. The van der Waals surface area contributed by atoms with Gasteiger partial charge in [0.1, 0.15) is 42.9 Å². The highest BCUT2D eigenvalue weighted by Crippen LogP contribution is 2.35. The highest BCUT2D eigenvalue weighted by molar-refractivity contribution is 7.95. The molecular formula is C78H109N15O17S. The zero-order valence-corrected chi connectivity index (χ0v) is 65.0. The molecular weight excluding hydrogens is 1450 g/mol. The number of carbonyl (C=O) groups is 13. The lowest BCUT2D eigenvalue weighted by atomic mass is 9.98. The van der Waals surface area contributed by atoms with Gasteiger partial charge in [-0.05, 0) is 172 Å². The van der Waals surface area contributed by atoms with Gasteiger partial charge in [-0.15, -0.1) is 0 Å². The van der Waals surface area contributed by atoms with Crippen LogP contribution in [-0.2, 0) is 96.7 Å². The Labute approximate surface area is 648 Å². The lowest BCUT2D eigenvalue weighted by Crippen LogP contribution is -2.57. The van der Waals surface area contributed by atoms with Gasteiger partial charge in [0.15, 0.2) is 6.10 Å². The summed E-state index contributed by atoms with van der Waals surface area (Å²) in [5, 5.41) is 32.4. The zero-order chi connectivity index (χ0) is 80.1. The van der Waals surface area contributed by atoms with E-state index in [1.807, 2.05) is 12.1 Å². The minimum atomic E-state index is -3.63. The molecule has 604 valence electrons. The van der Waals surface area contributed by atoms with Crippen molar-refractivity contribution in [2.45, 2.75) is 260 Å². The molecule has 8 aliphatic heterocycles. The van der Waals surface area contributed by atoms with Gasteiger partial charge in [0.25, 0.3) is 21.8 Å². The van der Waals surface area contributed by atoms with E-state index in [-0.39, 0.29) is 140 Å². The smallest absolute Gasteiger partial charge is 0.308 e. The number of esters is 2. The highest BCUT2D eigenvalue weighted by atomic mass is 32.2. The molecule has 32 nitrogen and oxygen atoms in total. The first-order chi connectivity index (χ1) is 53.2. The van der Waals surface area contributed by atoms with Crippen molar-refractivity contribution in [2.24, 2.45) is 0 Å². The van der Waals surface area contributed by atoms with Gasteiger partial charge >= 0.3 is 11.9 Å². The van der Waals surface area contributed by atoms with E-state index in [9.17, 15) is 70.7 Å². The molecule has 14 atom stereocenters. The summed E-state index contributed by atoms with van der Waals surface area (Å²) in [4.78, 5) is 170. The molecule has 8 aliphatic rings. The third kappa shape index (κ3) is 23.4. The summed E-state index contributed by atoms with van der Waals surface area (Å²) in [6.45, 7) is 9.26. The Balaban J connectivity index is 0.000000192. The van der Waals surface area contributed by atoms with Crippen molar-refractivity contribution in [3.05, 3.63) is 107 Å². The summed E-state index contributed by atoms with van der Waals surface area (Å²) < 4.78 is 35.7. The number of likely N-dealkylation sites (N-methyl/N-ethyl adjacent to an activating group) is 3. The second-order valence-electron chi connectivity index (χ2n) is 29.7. The average molecular weight is 1560 g/mol. The van der Waals surface area contributed by atoms with Crippen LogP contribution in [0.2, 0.25) is 0 Å². The van der Waals surface area contributed by atoms with Gasteiger partial charge in [0, 0.05) is 72.9 Å². The number of nitrogens with one attached hydrogen (secondary N) is 12. The quantitative estimate of drug-likeness (QED) is 0.0542. The first-order valence-electron chi connectivity index (χ1n) is 38.8. The van der Waals surface area contributed by atoms with Crippen LogP contribution in [0.3, 0.4) is 0 Å². The third-order valence-corrected chi connectivity index (χ3v) is 22.9. The molecule has 0 saturated carbocycles. The second kappa shape index (κ2) is 40.4. The first-order valence-corrected chi connectivity index (χ1v) is 40.3. The predicted molar refractivity (Wildman–Crippen MR) is 410 cm³/mol. The number of ether oxygens (including phenoxy) is 2. The minimum absolute atomic E-state index is 0.0112. The monoisotopic (exact) mass is 1560 g/mol. The summed E-state index contributed by atoms with van der Waals surface area (Å²) >= 11 is 0. The van der Waals surface area contributed by atoms with E-state index in [1.54, 1.807) is 117 Å². The fraction of sp³-hybridized carbons (Fsp3) is 0.577. The van der Waals surface area contributed by atoms with Gasteiger partial charge in [-0.25, -0.2) is 8.42 Å². The van der Waals surface area contributed by atoms with Crippen LogP contribution in [0.5, 0.6) is 0 Å². The molecule has 0 spiro atoms. The lowest BCUT2D eigenvalue weighted by Gasteiger charge is -2.35. The number of fused-ring (bicyclic) bond motifs is 3. The molecule has 0 aliphatic carbocycles. The molecule has 11 amide bonds. The van der Waals surface area contributed by atoms with Crippen LogP contribution in [0.1, 0.15) is 183 Å². The molecule has 0 radical (unpaired) electrons. The van der Waals surface area contributed by atoms with Crippen molar-refractivity contribution >= 4 is 98.3 Å². The van der Waals surface area contributed by atoms with Crippen LogP contribution in [0.25, 0.3) is 0 Å². The second-order valence-corrected chi connectivity index (χ2v) is 31.3. The standard InChI is InChI=1S/2C27H37N5O6.C24H35N5O5S/c1-16(28-2)24(34)31-21-9-4-3-8-20-10-11-22(32(20)27(21)37)26(36)29-14-17-6-5-7-18(12-17)25(35)30-19-13-23(33)38-15-19;1-16(28-2)24(34)31-20-9-4-3-8-19-10-11-21(32(19)27(20)37)25(35)29-15-17-6-5-7-18(14-17)30-26(36)22-12-13-23(33)38-22;1-4-35(33,34)28-18-9-7-8-17(14-18)15-26-23(31)21-13-12-19-10-5-6-11-20(24(32)29(19)21)27-22(30)16(2)25-3/h5-7,12,16,19-22,28H,3-4,8-11,13-15H2,1-2H3,(H,29,36)(H,30,35)(H,31,34);5-7,14,16,19-22,28H,3-4,8-13,15H2,1-2H3,(H,29,35)(H,30,36)(H,31,34);4,7-9,14,16,19-21,25,28H,1,5-6,10-13,15H2,2-3H3,(H,26,31)(H,27,30)/t16-,19-,20-,21-,22-;16-,19-,20-,21-,22+;16-,19-,20-,21-/m000/s1. The van der Waals surface area contributed by atoms with Gasteiger partial charge in [0.05, 0.1) is 30.6 Å². The summed E-state index contributed by atoms with van der Waals surface area (Å²) in [6.07, 6.45) is 13.5. The number of cyclic esters (lactones) is 2. The van der Waals surface area contributed by atoms with Crippen LogP contribution in [0.4, 0.5) is 11.4 Å². The average Bonchev–Trinajstić information content (AvgIpc) is 1.68. The molecule has 12 N–H and O–H groups in total. The Morgan fingerprint density at radius 2 is 0.883 bits per heavy atom. The number of amides is 11.